The minimum Gasteiger partial charge on any atom is -0.476 e. The summed E-state index contributed by atoms with van der Waals surface area (Å²) in [6.07, 6.45) is 4.25. The number of aromatic nitrogens is 5. The Bertz CT molecular complexity index is 840. The lowest BCUT2D eigenvalue weighted by molar-refractivity contribution is -0.134. The Hall–Kier alpha value is -2.71. The van der Waals surface area contributed by atoms with Crippen LogP contribution in [0.25, 0.3) is 0 Å². The van der Waals surface area contributed by atoms with Gasteiger partial charge in [0.25, 0.3) is 0 Å². The van der Waals surface area contributed by atoms with Crippen molar-refractivity contribution in [2.75, 3.05) is 13.1 Å². The minimum atomic E-state index is -1.09. The summed E-state index contributed by atoms with van der Waals surface area (Å²) >= 11 is 0. The highest BCUT2D eigenvalue weighted by Crippen LogP contribution is 2.19. The van der Waals surface area contributed by atoms with E-state index in [-0.39, 0.29) is 24.1 Å². The molecular weight excluding hydrogens is 348 g/mol. The number of carbonyl (C=O) groups excluding carboxylic acids is 1. The van der Waals surface area contributed by atoms with Crippen LogP contribution in [0.2, 0.25) is 0 Å². The fraction of sp³-hybridized carbons (Fsp3) is 0.611. The number of likely N-dealkylation sites (tertiary alicyclic amines) is 1. The van der Waals surface area contributed by atoms with Crippen LogP contribution in [-0.2, 0) is 24.3 Å². The molecule has 3 rings (SSSR count). The zero-order valence-corrected chi connectivity index (χ0v) is 16.1. The maximum atomic E-state index is 12.8. The average molecular weight is 374 g/mol. The van der Waals surface area contributed by atoms with Crippen LogP contribution in [0.3, 0.4) is 0 Å². The number of rotatable bonds is 6. The van der Waals surface area contributed by atoms with Crippen LogP contribution in [0.15, 0.2) is 6.20 Å². The molecule has 9 nitrogen and oxygen atoms in total. The molecule has 0 radical (unpaired) electrons. The van der Waals surface area contributed by atoms with Crippen LogP contribution in [0.1, 0.15) is 47.2 Å². The zero-order valence-electron chi connectivity index (χ0n) is 16.1. The molecule has 0 aliphatic carbocycles. The Balaban J connectivity index is 1.61. The lowest BCUT2D eigenvalue weighted by Crippen LogP contribution is -2.42. The molecule has 0 spiro atoms. The van der Waals surface area contributed by atoms with Gasteiger partial charge in [0.05, 0.1) is 11.9 Å². The largest absolute Gasteiger partial charge is 0.476 e. The van der Waals surface area contributed by atoms with Gasteiger partial charge in [0.1, 0.15) is 6.54 Å². The van der Waals surface area contributed by atoms with Crippen molar-refractivity contribution >= 4 is 11.9 Å². The second-order valence-electron chi connectivity index (χ2n) is 7.14. The summed E-state index contributed by atoms with van der Waals surface area (Å²) in [6.45, 7) is 8.28. The Kier molecular flexibility index (Phi) is 5.57. The van der Waals surface area contributed by atoms with Gasteiger partial charge >= 0.3 is 5.97 Å². The van der Waals surface area contributed by atoms with Crippen molar-refractivity contribution in [2.24, 2.45) is 5.92 Å². The van der Waals surface area contributed by atoms with Gasteiger partial charge in [0.2, 0.25) is 5.91 Å². The monoisotopic (exact) mass is 374 g/mol. The van der Waals surface area contributed by atoms with E-state index in [2.05, 4.69) is 22.3 Å². The van der Waals surface area contributed by atoms with Crippen molar-refractivity contribution in [2.45, 2.75) is 53.1 Å². The standard InChI is InChI=1S/C18H26N6O3/c1-4-15-12(2)20-24(13(15)3)11-17(25)22-7-5-6-14(8-22)9-23-10-16(18(26)27)19-21-23/h10,14H,4-9,11H2,1-3H3,(H,26,27). The number of nitrogens with zero attached hydrogens (tertiary/aromatic N) is 6. The number of amides is 1. The number of aromatic carboxylic acids is 1. The maximum Gasteiger partial charge on any atom is 0.358 e. The van der Waals surface area contributed by atoms with E-state index in [0.29, 0.717) is 13.1 Å². The molecule has 1 fully saturated rings. The van der Waals surface area contributed by atoms with Crippen molar-refractivity contribution in [1.29, 1.82) is 0 Å². The van der Waals surface area contributed by atoms with Gasteiger partial charge in [-0.1, -0.05) is 12.1 Å². The van der Waals surface area contributed by atoms with Crippen molar-refractivity contribution in [3.63, 3.8) is 0 Å². The highest BCUT2D eigenvalue weighted by atomic mass is 16.4. The Morgan fingerprint density at radius 2 is 2.11 bits per heavy atom. The van der Waals surface area contributed by atoms with Crippen LogP contribution in [-0.4, -0.2) is 59.7 Å². The van der Waals surface area contributed by atoms with E-state index in [1.165, 1.54) is 11.8 Å². The lowest BCUT2D eigenvalue weighted by Gasteiger charge is -2.32. The molecule has 0 aromatic carbocycles. The van der Waals surface area contributed by atoms with Crippen LogP contribution < -0.4 is 0 Å². The molecule has 27 heavy (non-hydrogen) atoms. The molecule has 1 atom stereocenters. The quantitative estimate of drug-likeness (QED) is 0.817. The first-order chi connectivity index (χ1) is 12.9. The number of piperidine rings is 1. The van der Waals surface area contributed by atoms with Crippen molar-refractivity contribution in [1.82, 2.24) is 29.7 Å². The first kappa shape index (κ1) is 19.1. The third-order valence-electron chi connectivity index (χ3n) is 5.24. The summed E-state index contributed by atoms with van der Waals surface area (Å²) in [7, 11) is 0. The summed E-state index contributed by atoms with van der Waals surface area (Å²) in [5.41, 5.74) is 3.19. The van der Waals surface area contributed by atoms with E-state index in [9.17, 15) is 9.59 Å². The second-order valence-corrected chi connectivity index (χ2v) is 7.14. The molecule has 1 saturated heterocycles. The molecule has 3 heterocycles. The number of aryl methyl sites for hydroxylation is 1. The summed E-state index contributed by atoms with van der Waals surface area (Å²) in [5, 5.41) is 21.0. The van der Waals surface area contributed by atoms with Crippen LogP contribution in [0, 0.1) is 19.8 Å². The van der Waals surface area contributed by atoms with Crippen LogP contribution in [0.4, 0.5) is 0 Å². The fourth-order valence-corrected chi connectivity index (χ4v) is 3.82. The number of carboxylic acid groups (broad SMARTS) is 1. The van der Waals surface area contributed by atoms with Crippen molar-refractivity contribution in [3.8, 4) is 0 Å². The molecule has 2 aromatic heterocycles. The lowest BCUT2D eigenvalue weighted by atomic mass is 9.98. The predicted octanol–water partition coefficient (Wildman–Crippen LogP) is 1.29. The second kappa shape index (κ2) is 7.89. The van der Waals surface area contributed by atoms with Gasteiger partial charge in [-0.25, -0.2) is 4.79 Å². The van der Waals surface area contributed by atoms with Crippen LogP contribution >= 0.6 is 0 Å². The number of carboxylic acids is 1. The molecule has 1 aliphatic rings. The van der Waals surface area contributed by atoms with E-state index in [0.717, 1.165) is 37.2 Å². The first-order valence-electron chi connectivity index (χ1n) is 9.33. The smallest absolute Gasteiger partial charge is 0.358 e. The average Bonchev–Trinajstić information content (AvgIpc) is 3.20. The van der Waals surface area contributed by atoms with E-state index < -0.39 is 5.97 Å². The third kappa shape index (κ3) is 4.17. The first-order valence-corrected chi connectivity index (χ1v) is 9.33. The van der Waals surface area contributed by atoms with E-state index in [1.807, 2.05) is 18.7 Å². The Labute approximate surface area is 158 Å². The SMILES string of the molecule is CCc1c(C)nn(CC(=O)N2CCCC(Cn3cc(C(=O)O)nn3)C2)c1C. The summed E-state index contributed by atoms with van der Waals surface area (Å²) in [5.74, 6) is -0.784. The van der Waals surface area contributed by atoms with Gasteiger partial charge in [-0.05, 0) is 44.6 Å². The number of carbonyl (C=O) groups is 2. The van der Waals surface area contributed by atoms with Gasteiger partial charge in [0, 0.05) is 25.3 Å². The highest BCUT2D eigenvalue weighted by Gasteiger charge is 2.25. The summed E-state index contributed by atoms with van der Waals surface area (Å²) < 4.78 is 3.35. The molecule has 9 heteroatoms. The Morgan fingerprint density at radius 1 is 1.33 bits per heavy atom. The zero-order chi connectivity index (χ0) is 19.6. The number of hydrogen-bond donors (Lipinski definition) is 1. The molecule has 146 valence electrons. The molecule has 1 aliphatic heterocycles. The van der Waals surface area contributed by atoms with Gasteiger partial charge in [-0.3, -0.25) is 14.2 Å². The molecule has 2 aromatic rings. The van der Waals surface area contributed by atoms with E-state index in [1.54, 1.807) is 9.36 Å². The highest BCUT2D eigenvalue weighted by molar-refractivity contribution is 5.84. The molecule has 0 bridgehead atoms. The maximum absolute atomic E-state index is 12.8. The molecule has 1 amide bonds. The van der Waals surface area contributed by atoms with Gasteiger partial charge in [-0.2, -0.15) is 5.10 Å². The fourth-order valence-electron chi connectivity index (χ4n) is 3.82. The van der Waals surface area contributed by atoms with Crippen molar-refractivity contribution < 1.29 is 14.7 Å². The number of hydrogen-bond acceptors (Lipinski definition) is 5. The topological polar surface area (TPSA) is 106 Å². The summed E-state index contributed by atoms with van der Waals surface area (Å²) in [4.78, 5) is 25.6. The van der Waals surface area contributed by atoms with E-state index >= 15 is 0 Å². The Morgan fingerprint density at radius 3 is 2.74 bits per heavy atom. The molecule has 0 saturated carbocycles. The van der Waals surface area contributed by atoms with E-state index in [4.69, 9.17) is 5.11 Å². The van der Waals surface area contributed by atoms with Crippen LogP contribution in [0.5, 0.6) is 0 Å². The molecular formula is C18H26N6O3. The molecule has 1 unspecified atom stereocenters. The third-order valence-corrected chi connectivity index (χ3v) is 5.24. The van der Waals surface area contributed by atoms with Gasteiger partial charge < -0.3 is 10.0 Å². The predicted molar refractivity (Wildman–Crippen MR) is 97.4 cm³/mol. The van der Waals surface area contributed by atoms with Gasteiger partial charge in [0.15, 0.2) is 5.69 Å². The van der Waals surface area contributed by atoms with Gasteiger partial charge in [-0.15, -0.1) is 5.10 Å². The normalized spacial score (nSPS) is 17.3. The minimum absolute atomic E-state index is 0.0602. The molecule has 1 N–H and O–H groups in total. The summed E-state index contributed by atoms with van der Waals surface area (Å²) in [6, 6.07) is 0. The van der Waals surface area contributed by atoms with Crippen molar-refractivity contribution in [3.05, 3.63) is 28.8 Å².